The topological polar surface area (TPSA) is 112 Å². The van der Waals surface area contributed by atoms with Gasteiger partial charge in [0.05, 0.1) is 0 Å². The van der Waals surface area contributed by atoms with Crippen LogP contribution in [0.2, 0.25) is 0 Å². The van der Waals surface area contributed by atoms with Crippen LogP contribution in [-0.4, -0.2) is 68.9 Å². The number of ketones is 2. The molecule has 2 aliphatic rings. The van der Waals surface area contributed by atoms with Crippen LogP contribution in [0.3, 0.4) is 0 Å². The highest BCUT2D eigenvalue weighted by Crippen LogP contribution is 2.36. The van der Waals surface area contributed by atoms with Gasteiger partial charge in [0.2, 0.25) is 5.91 Å². The van der Waals surface area contributed by atoms with Crippen molar-refractivity contribution in [3.8, 4) is 0 Å². The van der Waals surface area contributed by atoms with Crippen molar-refractivity contribution < 1.29 is 29.1 Å². The van der Waals surface area contributed by atoms with Crippen molar-refractivity contribution in [2.24, 2.45) is 5.92 Å². The standard InChI is InChI=1S/C28H36N2O6/c1-20(2)11-13-22(31)14-16-25(33)30-19-7-17-28(30,24(32)15-12-21-8-4-3-5-9-21)27(36)29-18-6-10-23(29)26(34)35/h3-5,8-9,12,15,20,23H,6-7,10-11,13-14,16-19H2,1-2H3,(H,34,35)/b15-12+/t23-,28+/m0/s1. The fourth-order valence-corrected chi connectivity index (χ4v) is 5.07. The summed E-state index contributed by atoms with van der Waals surface area (Å²) in [5.74, 6) is -2.35. The molecule has 3 rings (SSSR count). The number of carbonyl (C=O) groups is 5. The number of aliphatic carboxylic acids is 1. The molecule has 2 saturated heterocycles. The summed E-state index contributed by atoms with van der Waals surface area (Å²) in [5, 5.41) is 9.65. The summed E-state index contributed by atoms with van der Waals surface area (Å²) in [7, 11) is 0. The second-order valence-corrected chi connectivity index (χ2v) is 10.1. The van der Waals surface area contributed by atoms with E-state index in [9.17, 15) is 29.1 Å². The van der Waals surface area contributed by atoms with Gasteiger partial charge in [-0.1, -0.05) is 50.3 Å². The maximum atomic E-state index is 13.9. The Morgan fingerprint density at radius 1 is 1.03 bits per heavy atom. The molecular weight excluding hydrogens is 460 g/mol. The number of carboxylic acid groups (broad SMARTS) is 1. The Hall–Kier alpha value is -3.29. The van der Waals surface area contributed by atoms with Crippen molar-refractivity contribution in [2.75, 3.05) is 13.1 Å². The lowest BCUT2D eigenvalue weighted by atomic mass is 9.87. The third kappa shape index (κ3) is 6.09. The first-order valence-corrected chi connectivity index (χ1v) is 12.8. The fraction of sp³-hybridized carbons (Fsp3) is 0.536. The maximum absolute atomic E-state index is 13.9. The summed E-state index contributed by atoms with van der Waals surface area (Å²) < 4.78 is 0. The average Bonchev–Trinajstić information content (AvgIpc) is 3.53. The van der Waals surface area contributed by atoms with Crippen LogP contribution in [0, 0.1) is 5.92 Å². The third-order valence-electron chi connectivity index (χ3n) is 7.09. The molecule has 8 heteroatoms. The molecule has 36 heavy (non-hydrogen) atoms. The molecule has 0 radical (unpaired) electrons. The summed E-state index contributed by atoms with van der Waals surface area (Å²) >= 11 is 0. The SMILES string of the molecule is CC(C)CCC(=O)CCC(=O)N1CCC[C@@]1(C(=O)/C=C/c1ccccc1)C(=O)N1CCC[C@H]1C(=O)O. The van der Waals surface area contributed by atoms with Crippen LogP contribution in [0.15, 0.2) is 36.4 Å². The van der Waals surface area contributed by atoms with Gasteiger partial charge in [-0.15, -0.1) is 0 Å². The molecule has 0 aliphatic carbocycles. The molecular formula is C28H36N2O6. The van der Waals surface area contributed by atoms with Gasteiger partial charge in [0, 0.05) is 32.4 Å². The number of rotatable bonds is 11. The summed E-state index contributed by atoms with van der Waals surface area (Å²) in [6.07, 6.45) is 5.43. The van der Waals surface area contributed by atoms with Gasteiger partial charge in [-0.3, -0.25) is 19.2 Å². The predicted molar refractivity (Wildman–Crippen MR) is 135 cm³/mol. The molecule has 8 nitrogen and oxygen atoms in total. The van der Waals surface area contributed by atoms with E-state index in [0.717, 1.165) is 12.0 Å². The second kappa shape index (κ2) is 12.1. The van der Waals surface area contributed by atoms with Crippen molar-refractivity contribution in [3.63, 3.8) is 0 Å². The molecule has 2 heterocycles. The van der Waals surface area contributed by atoms with Crippen LogP contribution in [0.1, 0.15) is 70.8 Å². The van der Waals surface area contributed by atoms with E-state index in [4.69, 9.17) is 0 Å². The quantitative estimate of drug-likeness (QED) is 0.371. The minimum atomic E-state index is -1.79. The van der Waals surface area contributed by atoms with Crippen molar-refractivity contribution >= 4 is 35.4 Å². The van der Waals surface area contributed by atoms with Crippen molar-refractivity contribution in [3.05, 3.63) is 42.0 Å². The van der Waals surface area contributed by atoms with E-state index >= 15 is 0 Å². The van der Waals surface area contributed by atoms with Crippen LogP contribution >= 0.6 is 0 Å². The molecule has 2 atom stereocenters. The largest absolute Gasteiger partial charge is 0.480 e. The number of nitrogens with zero attached hydrogens (tertiary/aromatic N) is 2. The number of carbonyl (C=O) groups excluding carboxylic acids is 4. The summed E-state index contributed by atoms with van der Waals surface area (Å²) in [5.41, 5.74) is -1.02. The Morgan fingerprint density at radius 2 is 1.75 bits per heavy atom. The van der Waals surface area contributed by atoms with E-state index in [1.165, 1.54) is 15.9 Å². The summed E-state index contributed by atoms with van der Waals surface area (Å²) in [6, 6.07) is 8.13. The highest BCUT2D eigenvalue weighted by molar-refractivity contribution is 6.19. The van der Waals surface area contributed by atoms with Gasteiger partial charge >= 0.3 is 5.97 Å². The molecule has 194 valence electrons. The van der Waals surface area contributed by atoms with E-state index in [2.05, 4.69) is 0 Å². The Balaban J connectivity index is 1.88. The van der Waals surface area contributed by atoms with E-state index < -0.39 is 35.1 Å². The monoisotopic (exact) mass is 496 g/mol. The molecule has 1 aromatic carbocycles. The smallest absolute Gasteiger partial charge is 0.326 e. The number of amides is 2. The molecule has 0 aromatic heterocycles. The number of carboxylic acids is 1. The van der Waals surface area contributed by atoms with Crippen LogP contribution in [0.5, 0.6) is 0 Å². The number of hydrogen-bond donors (Lipinski definition) is 1. The zero-order valence-electron chi connectivity index (χ0n) is 21.2. The molecule has 0 unspecified atom stereocenters. The molecule has 1 aromatic rings. The lowest BCUT2D eigenvalue weighted by Crippen LogP contribution is -2.63. The van der Waals surface area contributed by atoms with Gasteiger partial charge in [0.1, 0.15) is 11.8 Å². The average molecular weight is 497 g/mol. The predicted octanol–water partition coefficient (Wildman–Crippen LogP) is 3.49. The normalized spacial score (nSPS) is 21.9. The number of likely N-dealkylation sites (tertiary alicyclic amines) is 2. The van der Waals surface area contributed by atoms with Crippen LogP contribution in [-0.2, 0) is 24.0 Å². The summed E-state index contributed by atoms with van der Waals surface area (Å²) in [4.78, 5) is 67.6. The molecule has 0 saturated carbocycles. The highest BCUT2D eigenvalue weighted by Gasteiger charge is 2.57. The first-order valence-electron chi connectivity index (χ1n) is 12.8. The first-order chi connectivity index (χ1) is 17.2. The van der Waals surface area contributed by atoms with Crippen molar-refractivity contribution in [1.82, 2.24) is 9.80 Å². The van der Waals surface area contributed by atoms with E-state index in [0.29, 0.717) is 31.6 Å². The van der Waals surface area contributed by atoms with Gasteiger partial charge < -0.3 is 14.9 Å². The van der Waals surface area contributed by atoms with E-state index in [-0.39, 0.29) is 38.1 Å². The summed E-state index contributed by atoms with van der Waals surface area (Å²) in [6.45, 7) is 4.49. The Kier molecular flexibility index (Phi) is 9.18. The number of Topliss-reactive ketones (excluding diaryl/α,β-unsaturated/α-hetero) is 1. The third-order valence-corrected chi connectivity index (χ3v) is 7.09. The Morgan fingerprint density at radius 3 is 2.42 bits per heavy atom. The van der Waals surface area contributed by atoms with Crippen molar-refractivity contribution in [1.29, 1.82) is 0 Å². The zero-order chi connectivity index (χ0) is 26.3. The van der Waals surface area contributed by atoms with E-state index in [1.54, 1.807) is 6.08 Å². The number of benzene rings is 1. The molecule has 1 N–H and O–H groups in total. The fourth-order valence-electron chi connectivity index (χ4n) is 5.07. The van der Waals surface area contributed by atoms with Gasteiger partial charge in [-0.05, 0) is 49.7 Å². The van der Waals surface area contributed by atoms with Crippen LogP contribution in [0.4, 0.5) is 0 Å². The molecule has 0 spiro atoms. The molecule has 2 aliphatic heterocycles. The zero-order valence-corrected chi connectivity index (χ0v) is 21.2. The van der Waals surface area contributed by atoms with Gasteiger partial charge in [-0.2, -0.15) is 0 Å². The Labute approximate surface area is 212 Å². The van der Waals surface area contributed by atoms with Gasteiger partial charge in [0.15, 0.2) is 11.3 Å². The van der Waals surface area contributed by atoms with Crippen LogP contribution < -0.4 is 0 Å². The van der Waals surface area contributed by atoms with Gasteiger partial charge in [0.25, 0.3) is 5.91 Å². The van der Waals surface area contributed by atoms with Gasteiger partial charge in [-0.25, -0.2) is 4.79 Å². The minimum Gasteiger partial charge on any atom is -0.480 e. The first kappa shape index (κ1) is 27.3. The molecule has 0 bridgehead atoms. The molecule has 2 fully saturated rings. The molecule has 2 amide bonds. The minimum absolute atomic E-state index is 0.0195. The maximum Gasteiger partial charge on any atom is 0.326 e. The second-order valence-electron chi connectivity index (χ2n) is 10.1. The van der Waals surface area contributed by atoms with Crippen molar-refractivity contribution in [2.45, 2.75) is 76.8 Å². The van der Waals surface area contributed by atoms with E-state index in [1.807, 2.05) is 44.2 Å². The lowest BCUT2D eigenvalue weighted by molar-refractivity contribution is -0.160. The Bertz CT molecular complexity index is 1020. The van der Waals surface area contributed by atoms with Crippen LogP contribution in [0.25, 0.3) is 6.08 Å². The number of hydrogen-bond acceptors (Lipinski definition) is 5. The lowest BCUT2D eigenvalue weighted by Gasteiger charge is -2.39. The highest BCUT2D eigenvalue weighted by atomic mass is 16.4.